The van der Waals surface area contributed by atoms with Gasteiger partial charge < -0.3 is 15.1 Å². The largest absolute Gasteiger partial charge is 0.351 e. The molecule has 4 rings (SSSR count). The third-order valence-corrected chi connectivity index (χ3v) is 5.93. The lowest BCUT2D eigenvalue weighted by atomic mass is 9.90. The summed E-state index contributed by atoms with van der Waals surface area (Å²) in [5.41, 5.74) is 2.78. The van der Waals surface area contributed by atoms with Crippen molar-refractivity contribution in [3.63, 3.8) is 0 Å². The van der Waals surface area contributed by atoms with Crippen LogP contribution in [0.3, 0.4) is 0 Å². The molecule has 27 heavy (non-hydrogen) atoms. The van der Waals surface area contributed by atoms with Crippen LogP contribution in [0, 0.1) is 6.92 Å². The van der Waals surface area contributed by atoms with Crippen LogP contribution in [-0.2, 0) is 0 Å². The standard InChI is InChI=1S/C21H22ClN3O2/c1-14-4-3-5-15(12-14)20(27)25-10-8-21(9-11-25)23-19(26)17-13-16(22)6-7-18(17)24(21)2/h3-7,12-13H,8-11H2,1-2H3,(H,23,26). The van der Waals surface area contributed by atoms with Crippen LogP contribution in [-0.4, -0.2) is 42.5 Å². The van der Waals surface area contributed by atoms with Gasteiger partial charge in [-0.25, -0.2) is 0 Å². The summed E-state index contributed by atoms with van der Waals surface area (Å²) in [6, 6.07) is 13.1. The summed E-state index contributed by atoms with van der Waals surface area (Å²) in [4.78, 5) is 29.5. The Morgan fingerprint density at radius 3 is 2.59 bits per heavy atom. The smallest absolute Gasteiger partial charge is 0.255 e. The van der Waals surface area contributed by atoms with Gasteiger partial charge in [0.25, 0.3) is 11.8 Å². The van der Waals surface area contributed by atoms with Crippen LogP contribution in [0.2, 0.25) is 5.02 Å². The Labute approximate surface area is 163 Å². The van der Waals surface area contributed by atoms with Crippen LogP contribution in [0.5, 0.6) is 0 Å². The van der Waals surface area contributed by atoms with E-state index in [0.29, 0.717) is 42.1 Å². The highest BCUT2D eigenvalue weighted by Gasteiger charge is 2.44. The Morgan fingerprint density at radius 2 is 1.89 bits per heavy atom. The molecule has 2 aliphatic heterocycles. The highest BCUT2D eigenvalue weighted by Crippen LogP contribution is 2.37. The van der Waals surface area contributed by atoms with Crippen LogP contribution >= 0.6 is 11.6 Å². The number of rotatable bonds is 1. The molecule has 0 saturated carbocycles. The van der Waals surface area contributed by atoms with Crippen molar-refractivity contribution in [1.29, 1.82) is 0 Å². The lowest BCUT2D eigenvalue weighted by molar-refractivity contribution is 0.0609. The number of hydrogen-bond donors (Lipinski definition) is 1. The summed E-state index contributed by atoms with van der Waals surface area (Å²) >= 11 is 6.05. The fraction of sp³-hybridized carbons (Fsp3) is 0.333. The zero-order valence-electron chi connectivity index (χ0n) is 15.5. The second-order valence-electron chi connectivity index (χ2n) is 7.37. The molecule has 0 aromatic heterocycles. The molecule has 2 amide bonds. The van der Waals surface area contributed by atoms with Crippen molar-refractivity contribution in [3.8, 4) is 0 Å². The molecule has 1 spiro atoms. The zero-order chi connectivity index (χ0) is 19.2. The number of anilines is 1. The maximum Gasteiger partial charge on any atom is 0.255 e. The van der Waals surface area contributed by atoms with E-state index in [2.05, 4.69) is 10.2 Å². The normalized spacial score (nSPS) is 18.3. The monoisotopic (exact) mass is 383 g/mol. The topological polar surface area (TPSA) is 52.7 Å². The van der Waals surface area contributed by atoms with Gasteiger partial charge >= 0.3 is 0 Å². The van der Waals surface area contributed by atoms with Gasteiger partial charge in [-0.15, -0.1) is 0 Å². The third-order valence-electron chi connectivity index (χ3n) is 5.70. The number of amides is 2. The number of aryl methyl sites for hydroxylation is 1. The lowest BCUT2D eigenvalue weighted by Gasteiger charge is -2.51. The molecule has 5 nitrogen and oxygen atoms in total. The van der Waals surface area contributed by atoms with E-state index in [1.807, 2.05) is 49.2 Å². The fourth-order valence-electron chi connectivity index (χ4n) is 4.08. The number of hydrogen-bond acceptors (Lipinski definition) is 3. The van der Waals surface area contributed by atoms with Gasteiger partial charge in [0, 0.05) is 43.6 Å². The first-order valence-electron chi connectivity index (χ1n) is 9.11. The molecule has 2 heterocycles. The molecule has 2 aliphatic rings. The Hall–Kier alpha value is -2.53. The number of halogens is 1. The summed E-state index contributed by atoms with van der Waals surface area (Å²) in [6.45, 7) is 3.18. The molecule has 0 bridgehead atoms. The summed E-state index contributed by atoms with van der Waals surface area (Å²) in [6.07, 6.45) is 1.35. The average Bonchev–Trinajstić information content (AvgIpc) is 2.66. The Bertz CT molecular complexity index is 919. The second kappa shape index (κ2) is 6.57. The van der Waals surface area contributed by atoms with Crippen molar-refractivity contribution in [2.45, 2.75) is 25.4 Å². The number of likely N-dealkylation sites (tertiary alicyclic amines) is 1. The number of carbonyl (C=O) groups is 2. The van der Waals surface area contributed by atoms with Gasteiger partial charge in [-0.2, -0.15) is 0 Å². The van der Waals surface area contributed by atoms with Gasteiger partial charge in [0.05, 0.1) is 11.3 Å². The molecule has 1 N–H and O–H groups in total. The van der Waals surface area contributed by atoms with Crippen molar-refractivity contribution in [2.75, 3.05) is 25.0 Å². The second-order valence-corrected chi connectivity index (χ2v) is 7.80. The number of fused-ring (bicyclic) bond motifs is 1. The van der Waals surface area contributed by atoms with Gasteiger partial charge in [-0.3, -0.25) is 9.59 Å². The number of benzene rings is 2. The number of piperidine rings is 1. The lowest BCUT2D eigenvalue weighted by Crippen LogP contribution is -2.67. The molecule has 2 aromatic rings. The first-order valence-corrected chi connectivity index (χ1v) is 9.49. The Balaban J connectivity index is 1.54. The van der Waals surface area contributed by atoms with Gasteiger partial charge in [0.1, 0.15) is 5.66 Å². The van der Waals surface area contributed by atoms with Crippen LogP contribution in [0.15, 0.2) is 42.5 Å². The first-order chi connectivity index (χ1) is 12.9. The molecular weight excluding hydrogens is 362 g/mol. The highest BCUT2D eigenvalue weighted by atomic mass is 35.5. The maximum atomic E-state index is 12.8. The quantitative estimate of drug-likeness (QED) is 0.820. The van der Waals surface area contributed by atoms with Crippen LogP contribution < -0.4 is 10.2 Å². The van der Waals surface area contributed by atoms with Crippen molar-refractivity contribution in [3.05, 3.63) is 64.2 Å². The van der Waals surface area contributed by atoms with Crippen molar-refractivity contribution in [1.82, 2.24) is 10.2 Å². The summed E-state index contributed by atoms with van der Waals surface area (Å²) in [5, 5.41) is 3.71. The molecule has 2 aromatic carbocycles. The van der Waals surface area contributed by atoms with Gasteiger partial charge in [0.15, 0.2) is 0 Å². The molecule has 0 aliphatic carbocycles. The van der Waals surface area contributed by atoms with E-state index in [9.17, 15) is 9.59 Å². The van der Waals surface area contributed by atoms with E-state index in [4.69, 9.17) is 11.6 Å². The molecule has 1 saturated heterocycles. The minimum atomic E-state index is -0.471. The molecule has 6 heteroatoms. The van der Waals surface area contributed by atoms with Gasteiger partial charge in [-0.05, 0) is 37.3 Å². The van der Waals surface area contributed by atoms with Gasteiger partial charge in [0.2, 0.25) is 0 Å². The van der Waals surface area contributed by atoms with Crippen LogP contribution in [0.1, 0.15) is 39.1 Å². The number of carbonyl (C=O) groups excluding carboxylic acids is 2. The van der Waals surface area contributed by atoms with Crippen molar-refractivity contribution >= 4 is 29.1 Å². The fourth-order valence-corrected chi connectivity index (χ4v) is 4.25. The van der Waals surface area contributed by atoms with Crippen molar-refractivity contribution in [2.24, 2.45) is 0 Å². The zero-order valence-corrected chi connectivity index (χ0v) is 16.2. The summed E-state index contributed by atoms with van der Waals surface area (Å²) < 4.78 is 0. The van der Waals surface area contributed by atoms with E-state index in [1.54, 1.807) is 12.1 Å². The van der Waals surface area contributed by atoms with Crippen molar-refractivity contribution < 1.29 is 9.59 Å². The first kappa shape index (κ1) is 17.9. The summed E-state index contributed by atoms with van der Waals surface area (Å²) in [7, 11) is 1.99. The van der Waals surface area contributed by atoms with Crippen LogP contribution in [0.4, 0.5) is 5.69 Å². The molecule has 0 unspecified atom stereocenters. The minimum absolute atomic E-state index is 0.0468. The van der Waals surface area contributed by atoms with E-state index in [1.165, 1.54) is 0 Å². The molecule has 0 atom stereocenters. The predicted molar refractivity (Wildman–Crippen MR) is 106 cm³/mol. The molecule has 0 radical (unpaired) electrons. The number of nitrogens with zero attached hydrogens (tertiary/aromatic N) is 2. The number of nitrogens with one attached hydrogen (secondary N) is 1. The summed E-state index contributed by atoms with van der Waals surface area (Å²) in [5.74, 6) is -0.0606. The predicted octanol–water partition coefficient (Wildman–Crippen LogP) is 3.46. The van der Waals surface area contributed by atoms with E-state index >= 15 is 0 Å². The SMILES string of the molecule is Cc1cccc(C(=O)N2CCC3(CC2)NC(=O)c2cc(Cl)ccc2N3C)c1. The molecule has 140 valence electrons. The maximum absolute atomic E-state index is 12.8. The minimum Gasteiger partial charge on any atom is -0.351 e. The molecular formula is C21H22ClN3O2. The molecule has 1 fully saturated rings. The Kier molecular flexibility index (Phi) is 4.35. The van der Waals surface area contributed by atoms with E-state index in [0.717, 1.165) is 11.3 Å². The average molecular weight is 384 g/mol. The van der Waals surface area contributed by atoms with E-state index in [-0.39, 0.29) is 11.8 Å². The van der Waals surface area contributed by atoms with Crippen LogP contribution in [0.25, 0.3) is 0 Å². The highest BCUT2D eigenvalue weighted by molar-refractivity contribution is 6.31. The van der Waals surface area contributed by atoms with Gasteiger partial charge in [-0.1, -0.05) is 29.3 Å². The Morgan fingerprint density at radius 1 is 1.15 bits per heavy atom. The third kappa shape index (κ3) is 3.06. The van der Waals surface area contributed by atoms with E-state index < -0.39 is 5.66 Å².